The minimum Gasteiger partial charge on any atom is -0.288 e. The maximum atomic E-state index is 13.2. The Morgan fingerprint density at radius 2 is 1.97 bits per heavy atom. The Labute approximate surface area is 176 Å². The average molecular weight is 429 g/mol. The van der Waals surface area contributed by atoms with Crippen LogP contribution in [0.15, 0.2) is 42.9 Å². The van der Waals surface area contributed by atoms with Crippen LogP contribution in [0.4, 0.5) is 10.3 Å². The van der Waals surface area contributed by atoms with Crippen LogP contribution in [0.3, 0.4) is 0 Å². The standard InChI is InChI=1S/C19H18ClFN8O/c1-12-7-13(2)29(24-12)11-27-6-5-17(25-27)18(30)23-19-22-10-28(26-19)9-14-3-4-15(21)8-16(14)20/h3-8,10H,9,11H2,1-2H3,(H,23,26,30). The second-order valence-electron chi connectivity index (χ2n) is 6.76. The molecule has 0 atom stereocenters. The van der Waals surface area contributed by atoms with Gasteiger partial charge < -0.3 is 0 Å². The normalized spacial score (nSPS) is 11.1. The van der Waals surface area contributed by atoms with Crippen LogP contribution in [0.1, 0.15) is 27.4 Å². The molecule has 0 unspecified atom stereocenters. The number of aryl methyl sites for hydroxylation is 2. The van der Waals surface area contributed by atoms with E-state index in [1.54, 1.807) is 27.7 Å². The molecule has 4 rings (SSSR count). The molecule has 0 radical (unpaired) electrons. The molecule has 0 saturated heterocycles. The number of nitrogens with one attached hydrogen (secondary N) is 1. The van der Waals surface area contributed by atoms with Crippen molar-refractivity contribution in [3.05, 3.63) is 76.3 Å². The lowest BCUT2D eigenvalue weighted by atomic mass is 10.2. The molecule has 0 saturated carbocycles. The molecule has 0 fully saturated rings. The van der Waals surface area contributed by atoms with Gasteiger partial charge in [-0.25, -0.2) is 18.7 Å². The molecule has 30 heavy (non-hydrogen) atoms. The van der Waals surface area contributed by atoms with Gasteiger partial charge in [-0.3, -0.25) is 14.8 Å². The summed E-state index contributed by atoms with van der Waals surface area (Å²) in [4.78, 5) is 16.5. The Hall–Kier alpha value is -3.53. The van der Waals surface area contributed by atoms with Crippen molar-refractivity contribution in [3.8, 4) is 0 Å². The third kappa shape index (κ3) is 4.38. The first-order valence-electron chi connectivity index (χ1n) is 9.06. The van der Waals surface area contributed by atoms with Crippen molar-refractivity contribution in [2.45, 2.75) is 27.1 Å². The zero-order chi connectivity index (χ0) is 21.3. The van der Waals surface area contributed by atoms with Crippen molar-refractivity contribution < 1.29 is 9.18 Å². The van der Waals surface area contributed by atoms with Gasteiger partial charge in [-0.2, -0.15) is 10.2 Å². The number of rotatable bonds is 6. The van der Waals surface area contributed by atoms with Crippen LogP contribution < -0.4 is 5.32 Å². The molecular formula is C19H18ClFN8O. The van der Waals surface area contributed by atoms with Crippen LogP contribution in [0, 0.1) is 19.7 Å². The van der Waals surface area contributed by atoms with Gasteiger partial charge in [-0.05, 0) is 43.7 Å². The quantitative estimate of drug-likeness (QED) is 0.509. The fourth-order valence-electron chi connectivity index (χ4n) is 2.94. The Kier molecular flexibility index (Phi) is 5.32. The molecule has 154 valence electrons. The van der Waals surface area contributed by atoms with Gasteiger partial charge in [0.25, 0.3) is 5.91 Å². The van der Waals surface area contributed by atoms with E-state index in [0.717, 1.165) is 11.4 Å². The number of halogens is 2. The van der Waals surface area contributed by atoms with Crippen molar-refractivity contribution in [1.82, 2.24) is 34.3 Å². The van der Waals surface area contributed by atoms with Gasteiger partial charge in [0.15, 0.2) is 5.69 Å². The van der Waals surface area contributed by atoms with Crippen molar-refractivity contribution in [3.63, 3.8) is 0 Å². The third-order valence-electron chi connectivity index (χ3n) is 4.36. The monoisotopic (exact) mass is 428 g/mol. The van der Waals surface area contributed by atoms with Crippen LogP contribution in [-0.4, -0.2) is 40.2 Å². The predicted octanol–water partition coefficient (Wildman–Crippen LogP) is 2.89. The number of anilines is 1. The largest absolute Gasteiger partial charge is 0.288 e. The van der Waals surface area contributed by atoms with E-state index < -0.39 is 11.7 Å². The maximum Gasteiger partial charge on any atom is 0.278 e. The summed E-state index contributed by atoms with van der Waals surface area (Å²) in [6, 6.07) is 7.71. The fraction of sp³-hybridized carbons (Fsp3) is 0.211. The zero-order valence-electron chi connectivity index (χ0n) is 16.3. The van der Waals surface area contributed by atoms with E-state index in [2.05, 4.69) is 25.6 Å². The van der Waals surface area contributed by atoms with Gasteiger partial charge in [0.2, 0.25) is 5.95 Å². The second kappa shape index (κ2) is 8.07. The zero-order valence-corrected chi connectivity index (χ0v) is 17.0. The first kappa shape index (κ1) is 19.8. The lowest BCUT2D eigenvalue weighted by Crippen LogP contribution is -2.16. The average Bonchev–Trinajstić information content (AvgIpc) is 3.39. The van der Waals surface area contributed by atoms with Crippen molar-refractivity contribution in [1.29, 1.82) is 0 Å². The van der Waals surface area contributed by atoms with Gasteiger partial charge in [-0.15, -0.1) is 5.10 Å². The minimum atomic E-state index is -0.431. The molecule has 4 aromatic rings. The topological polar surface area (TPSA) is 95.5 Å². The van der Waals surface area contributed by atoms with Gasteiger partial charge in [0, 0.05) is 16.9 Å². The summed E-state index contributed by atoms with van der Waals surface area (Å²) < 4.78 is 18.1. The number of carbonyl (C=O) groups excluding carboxylic acids is 1. The number of aromatic nitrogens is 7. The summed E-state index contributed by atoms with van der Waals surface area (Å²) >= 11 is 6.03. The van der Waals surface area contributed by atoms with E-state index in [9.17, 15) is 9.18 Å². The van der Waals surface area contributed by atoms with E-state index in [1.807, 2.05) is 19.9 Å². The first-order chi connectivity index (χ1) is 14.4. The van der Waals surface area contributed by atoms with Gasteiger partial charge in [-0.1, -0.05) is 17.7 Å². The molecule has 11 heteroatoms. The highest BCUT2D eigenvalue weighted by Crippen LogP contribution is 2.18. The molecule has 1 amide bonds. The fourth-order valence-corrected chi connectivity index (χ4v) is 3.16. The smallest absolute Gasteiger partial charge is 0.278 e. The van der Waals surface area contributed by atoms with E-state index in [-0.39, 0.29) is 11.6 Å². The van der Waals surface area contributed by atoms with E-state index >= 15 is 0 Å². The number of nitrogens with zero attached hydrogens (tertiary/aromatic N) is 7. The number of carbonyl (C=O) groups is 1. The first-order valence-corrected chi connectivity index (χ1v) is 9.44. The Balaban J connectivity index is 1.40. The van der Waals surface area contributed by atoms with Gasteiger partial charge in [0.05, 0.1) is 12.2 Å². The molecule has 0 aliphatic heterocycles. The summed E-state index contributed by atoms with van der Waals surface area (Å²) in [6.45, 7) is 4.57. The molecule has 1 N–H and O–H groups in total. The third-order valence-corrected chi connectivity index (χ3v) is 4.72. The van der Waals surface area contributed by atoms with Crippen LogP contribution in [0.5, 0.6) is 0 Å². The molecule has 3 heterocycles. The summed E-state index contributed by atoms with van der Waals surface area (Å²) in [5.41, 5.74) is 2.84. The van der Waals surface area contributed by atoms with Crippen LogP contribution in [0.2, 0.25) is 5.02 Å². The second-order valence-corrected chi connectivity index (χ2v) is 7.17. The highest BCUT2D eigenvalue weighted by Gasteiger charge is 2.13. The Morgan fingerprint density at radius 1 is 1.13 bits per heavy atom. The predicted molar refractivity (Wildman–Crippen MR) is 108 cm³/mol. The van der Waals surface area contributed by atoms with Crippen molar-refractivity contribution in [2.75, 3.05) is 5.32 Å². The molecule has 3 aromatic heterocycles. The highest BCUT2D eigenvalue weighted by atomic mass is 35.5. The van der Waals surface area contributed by atoms with E-state index in [1.165, 1.54) is 23.1 Å². The maximum absolute atomic E-state index is 13.2. The Morgan fingerprint density at radius 3 is 2.70 bits per heavy atom. The lowest BCUT2D eigenvalue weighted by Gasteiger charge is -2.04. The van der Waals surface area contributed by atoms with Crippen molar-refractivity contribution in [2.24, 2.45) is 0 Å². The molecule has 0 spiro atoms. The lowest BCUT2D eigenvalue weighted by molar-refractivity contribution is 0.102. The summed E-state index contributed by atoms with van der Waals surface area (Å²) in [6.07, 6.45) is 3.16. The number of hydrogen-bond acceptors (Lipinski definition) is 5. The van der Waals surface area contributed by atoms with Crippen LogP contribution in [-0.2, 0) is 13.2 Å². The summed E-state index contributed by atoms with van der Waals surface area (Å²) in [5.74, 6) is -0.710. The SMILES string of the molecule is Cc1cc(C)n(Cn2ccc(C(=O)Nc3ncn(Cc4ccc(F)cc4Cl)n3)n2)n1. The number of amides is 1. The molecule has 9 nitrogen and oxygen atoms in total. The molecule has 0 bridgehead atoms. The summed E-state index contributed by atoms with van der Waals surface area (Å²) in [5, 5.41) is 15.8. The minimum absolute atomic E-state index is 0.131. The van der Waals surface area contributed by atoms with Gasteiger partial charge in [0.1, 0.15) is 18.8 Å². The Bertz CT molecular complexity index is 1210. The van der Waals surface area contributed by atoms with Gasteiger partial charge >= 0.3 is 0 Å². The van der Waals surface area contributed by atoms with Crippen LogP contribution >= 0.6 is 11.6 Å². The number of hydrogen-bond donors (Lipinski definition) is 1. The molecule has 1 aromatic carbocycles. The molecule has 0 aliphatic carbocycles. The summed E-state index contributed by atoms with van der Waals surface area (Å²) in [7, 11) is 0. The highest BCUT2D eigenvalue weighted by molar-refractivity contribution is 6.31. The number of benzene rings is 1. The van der Waals surface area contributed by atoms with Crippen molar-refractivity contribution >= 4 is 23.5 Å². The van der Waals surface area contributed by atoms with E-state index in [0.29, 0.717) is 23.8 Å². The molecular weight excluding hydrogens is 411 g/mol. The molecule has 0 aliphatic rings. The van der Waals surface area contributed by atoms with E-state index in [4.69, 9.17) is 11.6 Å². The van der Waals surface area contributed by atoms with Crippen LogP contribution in [0.25, 0.3) is 0 Å².